The molecule has 164 valence electrons. The molecule has 0 atom stereocenters. The first-order valence-electron chi connectivity index (χ1n) is 10.2. The van der Waals surface area contributed by atoms with Crippen molar-refractivity contribution in [3.8, 4) is 11.4 Å². The van der Waals surface area contributed by atoms with E-state index < -0.39 is 0 Å². The van der Waals surface area contributed by atoms with Gasteiger partial charge in [0.2, 0.25) is 0 Å². The highest BCUT2D eigenvalue weighted by Gasteiger charge is 2.17. The van der Waals surface area contributed by atoms with Gasteiger partial charge in [0, 0.05) is 5.39 Å². The van der Waals surface area contributed by atoms with E-state index in [1.165, 1.54) is 17.6 Å². The summed E-state index contributed by atoms with van der Waals surface area (Å²) >= 11 is 7.89. The van der Waals surface area contributed by atoms with Crippen LogP contribution in [0.1, 0.15) is 26.6 Å². The van der Waals surface area contributed by atoms with Crippen molar-refractivity contribution in [3.05, 3.63) is 93.7 Å². The van der Waals surface area contributed by atoms with E-state index in [2.05, 4.69) is 20.7 Å². The van der Waals surface area contributed by atoms with E-state index in [0.29, 0.717) is 21.3 Å². The number of nitrogens with one attached hydrogen (secondary N) is 1. The number of hydrogen-bond donors (Lipinski definition) is 1. The summed E-state index contributed by atoms with van der Waals surface area (Å²) in [4.78, 5) is 14.2. The molecule has 0 saturated heterocycles. The van der Waals surface area contributed by atoms with Crippen LogP contribution >= 0.6 is 22.9 Å². The summed E-state index contributed by atoms with van der Waals surface area (Å²) in [6.07, 6.45) is 1.52. The lowest BCUT2D eigenvalue weighted by Gasteiger charge is -2.02. The second kappa shape index (κ2) is 8.65. The van der Waals surface area contributed by atoms with Crippen LogP contribution in [0, 0.1) is 13.8 Å². The van der Waals surface area contributed by atoms with Gasteiger partial charge in [-0.15, -0.1) is 11.3 Å². The van der Waals surface area contributed by atoms with Gasteiger partial charge in [-0.3, -0.25) is 4.79 Å². The van der Waals surface area contributed by atoms with E-state index in [4.69, 9.17) is 11.6 Å². The number of aromatic nitrogens is 4. The average Bonchev–Trinajstić information content (AvgIpc) is 3.49. The highest BCUT2D eigenvalue weighted by atomic mass is 35.5. The van der Waals surface area contributed by atoms with Crippen LogP contribution in [0.3, 0.4) is 0 Å². The van der Waals surface area contributed by atoms with Gasteiger partial charge in [-0.1, -0.05) is 48.0 Å². The molecule has 0 saturated carbocycles. The van der Waals surface area contributed by atoms with Crippen LogP contribution in [-0.4, -0.2) is 31.7 Å². The quantitative estimate of drug-likeness (QED) is 0.277. The van der Waals surface area contributed by atoms with E-state index >= 15 is 0 Å². The maximum atomic E-state index is 12.8. The Labute approximate surface area is 198 Å². The molecule has 5 rings (SSSR count). The number of carbonyl (C=O) groups is 1. The number of halogens is 1. The van der Waals surface area contributed by atoms with Gasteiger partial charge in [0.05, 0.1) is 39.4 Å². The number of aryl methyl sites for hydroxylation is 2. The summed E-state index contributed by atoms with van der Waals surface area (Å²) in [6, 6.07) is 21.3. The number of hydrogen-bond acceptors (Lipinski definition) is 5. The molecule has 7 nitrogen and oxygen atoms in total. The molecular weight excluding hydrogens is 456 g/mol. The summed E-state index contributed by atoms with van der Waals surface area (Å²) in [5.74, 6) is -0.296. The van der Waals surface area contributed by atoms with Crippen LogP contribution in [0.15, 0.2) is 71.8 Å². The number of thiophene rings is 1. The Balaban J connectivity index is 1.37. The van der Waals surface area contributed by atoms with Crippen molar-refractivity contribution in [2.75, 3.05) is 0 Å². The van der Waals surface area contributed by atoms with Gasteiger partial charge in [0.15, 0.2) is 0 Å². The highest BCUT2D eigenvalue weighted by molar-refractivity contribution is 7.20. The van der Waals surface area contributed by atoms with Gasteiger partial charge in [-0.25, -0.2) is 14.8 Å². The average molecular weight is 475 g/mol. The van der Waals surface area contributed by atoms with Crippen molar-refractivity contribution in [1.82, 2.24) is 25.0 Å². The smallest absolute Gasteiger partial charge is 0.266 e. The van der Waals surface area contributed by atoms with Crippen LogP contribution in [0.5, 0.6) is 0 Å². The number of amides is 1. The third kappa shape index (κ3) is 3.94. The van der Waals surface area contributed by atoms with Gasteiger partial charge in [-0.05, 0) is 44.2 Å². The van der Waals surface area contributed by atoms with Crippen LogP contribution in [0.2, 0.25) is 5.15 Å². The number of fused-ring (bicyclic) bond motifs is 1. The minimum absolute atomic E-state index is 0.296. The normalized spacial score (nSPS) is 11.5. The zero-order valence-electron chi connectivity index (χ0n) is 17.9. The first-order chi connectivity index (χ1) is 16.0. The lowest BCUT2D eigenvalue weighted by molar-refractivity contribution is 0.0959. The highest BCUT2D eigenvalue weighted by Crippen LogP contribution is 2.30. The first-order valence-corrected chi connectivity index (χ1v) is 11.4. The van der Waals surface area contributed by atoms with Crippen molar-refractivity contribution in [3.63, 3.8) is 0 Å². The third-order valence-corrected chi connectivity index (χ3v) is 6.65. The molecule has 2 aromatic carbocycles. The van der Waals surface area contributed by atoms with Gasteiger partial charge in [-0.2, -0.15) is 15.3 Å². The van der Waals surface area contributed by atoms with E-state index in [9.17, 15) is 4.79 Å². The zero-order chi connectivity index (χ0) is 22.9. The van der Waals surface area contributed by atoms with E-state index in [-0.39, 0.29) is 5.91 Å². The van der Waals surface area contributed by atoms with E-state index in [1.54, 1.807) is 4.68 Å². The fraction of sp³-hybridized carbons (Fsp3) is 0.0833. The molecule has 0 fully saturated rings. The van der Waals surface area contributed by atoms with Crippen LogP contribution < -0.4 is 5.43 Å². The summed E-state index contributed by atoms with van der Waals surface area (Å²) in [5, 5.41) is 14.6. The van der Waals surface area contributed by atoms with Crippen molar-refractivity contribution in [2.45, 2.75) is 13.8 Å². The molecule has 0 bridgehead atoms. The lowest BCUT2D eigenvalue weighted by atomic mass is 10.3. The Morgan fingerprint density at radius 2 is 1.58 bits per heavy atom. The lowest BCUT2D eigenvalue weighted by Crippen LogP contribution is -2.16. The van der Waals surface area contributed by atoms with Crippen LogP contribution in [0.4, 0.5) is 0 Å². The number of benzene rings is 2. The topological polar surface area (TPSA) is 77.1 Å². The van der Waals surface area contributed by atoms with Gasteiger partial charge in [0.1, 0.15) is 9.98 Å². The zero-order valence-corrected chi connectivity index (χ0v) is 19.4. The molecule has 0 aliphatic heterocycles. The van der Waals surface area contributed by atoms with Crippen molar-refractivity contribution in [1.29, 1.82) is 0 Å². The molecule has 0 aliphatic carbocycles. The maximum Gasteiger partial charge on any atom is 0.281 e. The van der Waals surface area contributed by atoms with Gasteiger partial charge in [0.25, 0.3) is 5.91 Å². The molecule has 5 aromatic rings. The monoisotopic (exact) mass is 474 g/mol. The predicted molar refractivity (Wildman–Crippen MR) is 132 cm³/mol. The molecule has 0 unspecified atom stereocenters. The number of nitrogens with zero attached hydrogens (tertiary/aromatic N) is 5. The Morgan fingerprint density at radius 3 is 2.24 bits per heavy atom. The Morgan fingerprint density at radius 1 is 0.970 bits per heavy atom. The van der Waals surface area contributed by atoms with E-state index in [0.717, 1.165) is 27.3 Å². The van der Waals surface area contributed by atoms with Gasteiger partial charge >= 0.3 is 0 Å². The SMILES string of the molecule is Cc1nn(-c2ccccc2)c(Cl)c1/C=N/NC(=O)c1cc2c(C)nn(-c3ccccc3)c2s1. The number of rotatable bonds is 5. The molecule has 1 N–H and O–H groups in total. The molecule has 9 heteroatoms. The number of carbonyl (C=O) groups excluding carboxylic acids is 1. The first kappa shape index (κ1) is 21.1. The molecule has 0 spiro atoms. The Kier molecular flexibility index (Phi) is 5.53. The number of para-hydroxylation sites is 2. The predicted octanol–water partition coefficient (Wildman–Crippen LogP) is 5.31. The summed E-state index contributed by atoms with van der Waals surface area (Å²) in [6.45, 7) is 3.78. The Bertz CT molecular complexity index is 1480. The molecule has 3 aromatic heterocycles. The fourth-order valence-electron chi connectivity index (χ4n) is 3.51. The molecule has 0 radical (unpaired) electrons. The minimum Gasteiger partial charge on any atom is -0.266 e. The molecule has 3 heterocycles. The maximum absolute atomic E-state index is 12.8. The summed E-state index contributed by atoms with van der Waals surface area (Å²) in [7, 11) is 0. The number of hydrazone groups is 1. The standard InChI is InChI=1S/C24H19ClN6OS/c1-15-19-13-21(33-24(19)31(29-15)18-11-7-4-8-12-18)23(32)27-26-14-20-16(2)28-30(22(20)25)17-9-5-3-6-10-17/h3-14H,1-2H3,(H,27,32)/b26-14+. The fourth-order valence-corrected chi connectivity index (χ4v) is 4.91. The largest absolute Gasteiger partial charge is 0.281 e. The second-order valence-corrected chi connectivity index (χ2v) is 8.79. The Hall–Kier alpha value is -3.75. The minimum atomic E-state index is -0.296. The molecule has 1 amide bonds. The summed E-state index contributed by atoms with van der Waals surface area (Å²) < 4.78 is 3.50. The molecule has 33 heavy (non-hydrogen) atoms. The van der Waals surface area contributed by atoms with Crippen molar-refractivity contribution >= 4 is 45.3 Å². The third-order valence-electron chi connectivity index (χ3n) is 5.18. The van der Waals surface area contributed by atoms with Crippen molar-refractivity contribution < 1.29 is 4.79 Å². The van der Waals surface area contributed by atoms with Gasteiger partial charge < -0.3 is 0 Å². The van der Waals surface area contributed by atoms with Crippen molar-refractivity contribution in [2.24, 2.45) is 5.10 Å². The molecule has 0 aliphatic rings. The van der Waals surface area contributed by atoms with Crippen LogP contribution in [-0.2, 0) is 0 Å². The second-order valence-electron chi connectivity index (χ2n) is 7.40. The van der Waals surface area contributed by atoms with E-state index in [1.807, 2.05) is 85.3 Å². The molecular formula is C24H19ClN6OS. The van der Waals surface area contributed by atoms with Crippen LogP contribution in [0.25, 0.3) is 21.6 Å². The summed E-state index contributed by atoms with van der Waals surface area (Å²) in [5.41, 5.74) is 6.61.